The highest BCUT2D eigenvalue weighted by atomic mass is 32.1. The molecule has 0 bridgehead atoms. The van der Waals surface area contributed by atoms with E-state index in [0.29, 0.717) is 16.3 Å². The van der Waals surface area contributed by atoms with Gasteiger partial charge in [0.2, 0.25) is 5.06 Å². The molecule has 0 aromatic carbocycles. The molecule has 0 aliphatic rings. The number of hydrogen-bond acceptors (Lipinski definition) is 6. The monoisotopic (exact) mass is 285 g/mol. The number of carbonyl (C=O) groups is 1. The average molecular weight is 285 g/mol. The molecule has 0 saturated carbocycles. The molecule has 0 spiro atoms. The lowest BCUT2D eigenvalue weighted by molar-refractivity contribution is -0.131. The summed E-state index contributed by atoms with van der Waals surface area (Å²) < 4.78 is 5.96. The number of rotatable bonds is 2. The minimum Gasteiger partial charge on any atom is -0.413 e. The number of nitrogens with two attached hydrogens (primary N) is 1. The van der Waals surface area contributed by atoms with E-state index < -0.39 is 5.97 Å². The number of thiophene rings is 1. The van der Waals surface area contributed by atoms with Crippen LogP contribution in [0.5, 0.6) is 5.06 Å². The van der Waals surface area contributed by atoms with Crippen molar-refractivity contribution in [1.82, 2.24) is 9.97 Å². The fourth-order valence-electron chi connectivity index (χ4n) is 1.85. The number of ether oxygens (including phenoxy) is 1. The second-order valence-electron chi connectivity index (χ2n) is 4.18. The Bertz CT molecular complexity index is 784. The van der Waals surface area contributed by atoms with Crippen LogP contribution >= 0.6 is 11.3 Å². The first-order valence-corrected chi connectivity index (χ1v) is 6.74. The van der Waals surface area contributed by atoms with Crippen molar-refractivity contribution in [2.75, 3.05) is 5.73 Å². The molecule has 5 nitrogen and oxygen atoms in total. The zero-order valence-electron chi connectivity index (χ0n) is 10.7. The molecule has 3 aromatic rings. The van der Waals surface area contributed by atoms with Gasteiger partial charge in [-0.2, -0.15) is 0 Å². The Balaban J connectivity index is 2.11. The van der Waals surface area contributed by atoms with Crippen LogP contribution < -0.4 is 10.5 Å². The Morgan fingerprint density at radius 1 is 1.35 bits per heavy atom. The van der Waals surface area contributed by atoms with Crippen molar-refractivity contribution in [3.63, 3.8) is 0 Å². The number of nitrogens with zero attached hydrogens (tertiary/aromatic N) is 2. The molecular weight excluding hydrogens is 274 g/mol. The number of nitrogen functional groups attached to an aromatic ring is 1. The SMILES string of the molecule is CC(=O)Oc1sc2ccc(-c3cccnc3)nc2c1N. The van der Waals surface area contributed by atoms with Gasteiger partial charge in [0.25, 0.3) is 0 Å². The second-order valence-corrected chi connectivity index (χ2v) is 5.20. The summed E-state index contributed by atoms with van der Waals surface area (Å²) in [6.07, 6.45) is 3.45. The fraction of sp³-hybridized carbons (Fsp3) is 0.0714. The molecule has 3 aromatic heterocycles. The number of pyridine rings is 2. The number of hydrogen-bond donors (Lipinski definition) is 1. The summed E-state index contributed by atoms with van der Waals surface area (Å²) in [6.45, 7) is 1.35. The van der Waals surface area contributed by atoms with Crippen molar-refractivity contribution < 1.29 is 9.53 Å². The van der Waals surface area contributed by atoms with E-state index in [1.807, 2.05) is 24.3 Å². The summed E-state index contributed by atoms with van der Waals surface area (Å²) in [7, 11) is 0. The van der Waals surface area contributed by atoms with E-state index in [0.717, 1.165) is 16.0 Å². The first kappa shape index (κ1) is 12.6. The normalized spacial score (nSPS) is 10.7. The van der Waals surface area contributed by atoms with Gasteiger partial charge in [0.1, 0.15) is 11.2 Å². The van der Waals surface area contributed by atoms with Crippen molar-refractivity contribution in [3.05, 3.63) is 36.7 Å². The summed E-state index contributed by atoms with van der Waals surface area (Å²) in [5, 5.41) is 0.392. The Labute approximate surface area is 119 Å². The third-order valence-electron chi connectivity index (χ3n) is 2.73. The van der Waals surface area contributed by atoms with Crippen LogP contribution in [0.2, 0.25) is 0 Å². The maximum Gasteiger partial charge on any atom is 0.308 e. The van der Waals surface area contributed by atoms with Crippen molar-refractivity contribution in [1.29, 1.82) is 0 Å². The summed E-state index contributed by atoms with van der Waals surface area (Å²) in [5.41, 5.74) is 8.72. The maximum absolute atomic E-state index is 11.0. The molecule has 0 atom stereocenters. The van der Waals surface area contributed by atoms with Crippen molar-refractivity contribution >= 4 is 33.2 Å². The van der Waals surface area contributed by atoms with Crippen LogP contribution in [0.4, 0.5) is 5.69 Å². The van der Waals surface area contributed by atoms with Crippen LogP contribution in [-0.2, 0) is 4.79 Å². The number of fused-ring (bicyclic) bond motifs is 1. The summed E-state index contributed by atoms with van der Waals surface area (Å²) in [5.74, 6) is -0.393. The topological polar surface area (TPSA) is 78.1 Å². The van der Waals surface area contributed by atoms with Gasteiger partial charge in [0.05, 0.1) is 10.4 Å². The Kier molecular flexibility index (Phi) is 3.08. The minimum absolute atomic E-state index is 0.392. The predicted octanol–water partition coefficient (Wildman–Crippen LogP) is 2.87. The largest absolute Gasteiger partial charge is 0.413 e. The lowest BCUT2D eigenvalue weighted by atomic mass is 10.2. The standard InChI is InChI=1S/C14H11N3O2S/c1-8(18)19-14-12(15)13-11(20-14)5-4-10(17-13)9-3-2-6-16-7-9/h2-7H,15H2,1H3. The fourth-order valence-corrected chi connectivity index (χ4v) is 2.81. The maximum atomic E-state index is 11.0. The molecule has 0 saturated heterocycles. The molecule has 0 radical (unpaired) electrons. The van der Waals surface area contributed by atoms with E-state index in [-0.39, 0.29) is 0 Å². The molecule has 0 amide bonds. The van der Waals surface area contributed by atoms with Gasteiger partial charge in [-0.3, -0.25) is 9.78 Å². The number of aromatic nitrogens is 2. The molecule has 0 unspecified atom stereocenters. The lowest BCUT2D eigenvalue weighted by Gasteiger charge is -2.00. The predicted molar refractivity (Wildman–Crippen MR) is 78.6 cm³/mol. The van der Waals surface area contributed by atoms with Crippen LogP contribution in [0.15, 0.2) is 36.7 Å². The molecule has 0 aliphatic carbocycles. The highest BCUT2D eigenvalue weighted by Gasteiger charge is 2.14. The van der Waals surface area contributed by atoms with E-state index in [1.165, 1.54) is 18.3 Å². The van der Waals surface area contributed by atoms with Crippen LogP contribution in [0.1, 0.15) is 6.92 Å². The summed E-state index contributed by atoms with van der Waals surface area (Å²) in [6, 6.07) is 7.59. The number of anilines is 1. The first-order valence-electron chi connectivity index (χ1n) is 5.93. The molecule has 0 aliphatic heterocycles. The van der Waals surface area contributed by atoms with Gasteiger partial charge < -0.3 is 10.5 Å². The third kappa shape index (κ3) is 2.21. The van der Waals surface area contributed by atoms with E-state index in [2.05, 4.69) is 9.97 Å². The van der Waals surface area contributed by atoms with Crippen LogP contribution in [0.3, 0.4) is 0 Å². The van der Waals surface area contributed by atoms with Gasteiger partial charge >= 0.3 is 5.97 Å². The highest BCUT2D eigenvalue weighted by molar-refractivity contribution is 7.21. The lowest BCUT2D eigenvalue weighted by Crippen LogP contribution is -2.01. The smallest absolute Gasteiger partial charge is 0.308 e. The van der Waals surface area contributed by atoms with Gasteiger partial charge in [0.15, 0.2) is 0 Å². The van der Waals surface area contributed by atoms with E-state index in [4.69, 9.17) is 10.5 Å². The Hall–Kier alpha value is -2.47. The number of esters is 1. The molecule has 3 heterocycles. The first-order chi connectivity index (χ1) is 9.65. The number of carbonyl (C=O) groups excluding carboxylic acids is 1. The summed E-state index contributed by atoms with van der Waals surface area (Å²) >= 11 is 1.31. The Morgan fingerprint density at radius 3 is 2.90 bits per heavy atom. The van der Waals surface area contributed by atoms with Gasteiger partial charge in [-0.1, -0.05) is 11.3 Å². The average Bonchev–Trinajstić information content (AvgIpc) is 2.75. The van der Waals surface area contributed by atoms with E-state index in [9.17, 15) is 4.79 Å². The minimum atomic E-state index is -0.393. The zero-order chi connectivity index (χ0) is 14.1. The zero-order valence-corrected chi connectivity index (χ0v) is 11.5. The van der Waals surface area contributed by atoms with Crippen molar-refractivity contribution in [2.45, 2.75) is 6.92 Å². The van der Waals surface area contributed by atoms with Crippen LogP contribution in [-0.4, -0.2) is 15.9 Å². The van der Waals surface area contributed by atoms with Gasteiger partial charge in [-0.05, 0) is 24.3 Å². The molecule has 20 heavy (non-hydrogen) atoms. The van der Waals surface area contributed by atoms with Crippen LogP contribution in [0.25, 0.3) is 21.5 Å². The summed E-state index contributed by atoms with van der Waals surface area (Å²) in [4.78, 5) is 19.6. The van der Waals surface area contributed by atoms with E-state index in [1.54, 1.807) is 12.4 Å². The Morgan fingerprint density at radius 2 is 2.20 bits per heavy atom. The van der Waals surface area contributed by atoms with Crippen molar-refractivity contribution in [2.24, 2.45) is 0 Å². The quantitative estimate of drug-likeness (QED) is 0.732. The van der Waals surface area contributed by atoms with E-state index >= 15 is 0 Å². The molecule has 6 heteroatoms. The van der Waals surface area contributed by atoms with Gasteiger partial charge in [-0.15, -0.1) is 0 Å². The van der Waals surface area contributed by atoms with Gasteiger partial charge in [-0.25, -0.2) is 4.98 Å². The van der Waals surface area contributed by atoms with Crippen LogP contribution in [0, 0.1) is 0 Å². The third-order valence-corrected chi connectivity index (χ3v) is 3.77. The van der Waals surface area contributed by atoms with Crippen molar-refractivity contribution in [3.8, 4) is 16.3 Å². The van der Waals surface area contributed by atoms with Gasteiger partial charge in [0, 0.05) is 24.9 Å². The molecule has 0 fully saturated rings. The highest BCUT2D eigenvalue weighted by Crippen LogP contribution is 2.39. The molecule has 100 valence electrons. The second kappa shape index (κ2) is 4.90. The molecule has 2 N–H and O–H groups in total. The molecule has 3 rings (SSSR count). The molecular formula is C14H11N3O2S.